The molecule has 2 heterocycles. The Balaban J connectivity index is 2.85. The first-order valence-corrected chi connectivity index (χ1v) is 4.21. The number of nitrogens with zero attached hydrogens (tertiary/aromatic N) is 2. The summed E-state index contributed by atoms with van der Waals surface area (Å²) in [6.45, 7) is 1.47. The van der Waals surface area contributed by atoms with Gasteiger partial charge in [0.2, 0.25) is 0 Å². The summed E-state index contributed by atoms with van der Waals surface area (Å²) in [6, 6.07) is 5.51. The Morgan fingerprint density at radius 2 is 2.31 bits per heavy atom. The van der Waals surface area contributed by atoms with Crippen LogP contribution in [0.1, 0.15) is 17.5 Å². The minimum Gasteiger partial charge on any atom is -0.296 e. The van der Waals surface area contributed by atoms with E-state index in [9.17, 15) is 4.79 Å². The van der Waals surface area contributed by atoms with Crippen LogP contribution in [0.25, 0.3) is 5.52 Å². The van der Waals surface area contributed by atoms with E-state index in [1.54, 1.807) is 10.6 Å². The number of ketones is 1. The zero-order chi connectivity index (χ0) is 9.42. The van der Waals surface area contributed by atoms with E-state index in [4.69, 9.17) is 11.6 Å². The van der Waals surface area contributed by atoms with Crippen molar-refractivity contribution in [2.24, 2.45) is 0 Å². The number of aromatic nitrogens is 2. The Kier molecular flexibility index (Phi) is 1.81. The summed E-state index contributed by atoms with van der Waals surface area (Å²) in [6.07, 6.45) is 1.77. The molecule has 0 atom stereocenters. The van der Waals surface area contributed by atoms with Gasteiger partial charge in [0.05, 0.1) is 5.52 Å². The first kappa shape index (κ1) is 8.26. The Hall–Kier alpha value is -1.35. The quantitative estimate of drug-likeness (QED) is 0.653. The normalized spacial score (nSPS) is 10.6. The minimum absolute atomic E-state index is 0.0897. The van der Waals surface area contributed by atoms with E-state index in [0.29, 0.717) is 11.0 Å². The molecule has 0 saturated heterocycles. The van der Waals surface area contributed by atoms with E-state index in [2.05, 4.69) is 4.98 Å². The first-order valence-electron chi connectivity index (χ1n) is 3.83. The van der Waals surface area contributed by atoms with Crippen LogP contribution in [0.5, 0.6) is 0 Å². The monoisotopic (exact) mass is 194 g/mol. The molecule has 0 aliphatic heterocycles. The Labute approximate surface area is 80.0 Å². The maximum Gasteiger partial charge on any atom is 0.195 e. The fourth-order valence-corrected chi connectivity index (χ4v) is 1.48. The second-order valence-electron chi connectivity index (χ2n) is 2.74. The van der Waals surface area contributed by atoms with Gasteiger partial charge < -0.3 is 0 Å². The summed E-state index contributed by atoms with van der Waals surface area (Å²) in [5.41, 5.74) is 0.759. The van der Waals surface area contributed by atoms with Gasteiger partial charge >= 0.3 is 0 Å². The highest BCUT2D eigenvalue weighted by Crippen LogP contribution is 2.17. The molecular formula is C9H7ClN2O. The topological polar surface area (TPSA) is 34.4 Å². The third-order valence-corrected chi connectivity index (χ3v) is 2.10. The fourth-order valence-electron chi connectivity index (χ4n) is 1.25. The molecule has 0 radical (unpaired) electrons. The van der Waals surface area contributed by atoms with E-state index in [0.717, 1.165) is 5.52 Å². The number of hydrogen-bond donors (Lipinski definition) is 0. The molecule has 0 spiro atoms. The van der Waals surface area contributed by atoms with E-state index in [-0.39, 0.29) is 5.78 Å². The molecule has 0 aromatic carbocycles. The van der Waals surface area contributed by atoms with Crippen molar-refractivity contribution in [2.45, 2.75) is 6.92 Å². The van der Waals surface area contributed by atoms with Crippen LogP contribution in [0.3, 0.4) is 0 Å². The predicted octanol–water partition coefficient (Wildman–Crippen LogP) is 2.19. The third-order valence-electron chi connectivity index (χ3n) is 1.82. The van der Waals surface area contributed by atoms with E-state index >= 15 is 0 Å². The maximum atomic E-state index is 11.1. The number of Topliss-reactive ketones (excluding diaryl/α,β-unsaturated/α-hetero) is 1. The summed E-state index contributed by atoms with van der Waals surface area (Å²) in [4.78, 5) is 15.1. The van der Waals surface area contributed by atoms with Gasteiger partial charge in [-0.1, -0.05) is 17.7 Å². The molecule has 4 heteroatoms. The highest BCUT2D eigenvalue weighted by atomic mass is 35.5. The smallest absolute Gasteiger partial charge is 0.195 e. The lowest BCUT2D eigenvalue weighted by Crippen LogP contribution is -1.99. The molecule has 0 aliphatic rings. The van der Waals surface area contributed by atoms with Crippen LogP contribution in [-0.4, -0.2) is 15.2 Å². The van der Waals surface area contributed by atoms with Gasteiger partial charge in [0.1, 0.15) is 0 Å². The van der Waals surface area contributed by atoms with Crippen LogP contribution in [0.4, 0.5) is 0 Å². The molecule has 0 amide bonds. The first-order chi connectivity index (χ1) is 6.20. The zero-order valence-corrected chi connectivity index (χ0v) is 7.75. The van der Waals surface area contributed by atoms with Crippen LogP contribution >= 0.6 is 11.6 Å². The largest absolute Gasteiger partial charge is 0.296 e. The molecule has 0 saturated carbocycles. The number of fused-ring (bicyclic) bond motifs is 1. The van der Waals surface area contributed by atoms with Gasteiger partial charge in [-0.05, 0) is 12.1 Å². The van der Waals surface area contributed by atoms with Gasteiger partial charge in [-0.25, -0.2) is 4.98 Å². The van der Waals surface area contributed by atoms with Crippen molar-refractivity contribution in [2.75, 3.05) is 0 Å². The second-order valence-corrected chi connectivity index (χ2v) is 3.10. The number of rotatable bonds is 1. The highest BCUT2D eigenvalue weighted by molar-refractivity contribution is 6.33. The molecule has 2 aromatic rings. The van der Waals surface area contributed by atoms with Gasteiger partial charge in [-0.3, -0.25) is 9.20 Å². The van der Waals surface area contributed by atoms with Crippen molar-refractivity contribution in [1.82, 2.24) is 9.38 Å². The minimum atomic E-state index is -0.0897. The maximum absolute atomic E-state index is 11.1. The lowest BCUT2D eigenvalue weighted by atomic mass is 10.4. The number of halogens is 1. The van der Waals surface area contributed by atoms with Gasteiger partial charge in [-0.2, -0.15) is 0 Å². The molecule has 66 valence electrons. The summed E-state index contributed by atoms with van der Waals surface area (Å²) < 4.78 is 1.69. The zero-order valence-electron chi connectivity index (χ0n) is 6.99. The number of pyridine rings is 1. The van der Waals surface area contributed by atoms with Crippen LogP contribution in [0, 0.1) is 0 Å². The molecule has 0 N–H and O–H groups in total. The number of hydrogen-bond acceptors (Lipinski definition) is 2. The standard InChI is InChI=1S/C9H7ClN2O/c1-6(13)9-11-8(10)7-4-2-3-5-12(7)9/h2-5H,1H3. The van der Waals surface area contributed by atoms with Crippen molar-refractivity contribution in [1.29, 1.82) is 0 Å². The fraction of sp³-hybridized carbons (Fsp3) is 0.111. The molecule has 0 bridgehead atoms. The number of carbonyl (C=O) groups is 1. The SMILES string of the molecule is CC(=O)c1nc(Cl)c2ccccn12. The van der Waals surface area contributed by atoms with Crippen molar-refractivity contribution < 1.29 is 4.79 Å². The molecule has 0 unspecified atom stereocenters. The van der Waals surface area contributed by atoms with Gasteiger partial charge in [0.25, 0.3) is 0 Å². The van der Waals surface area contributed by atoms with Crippen LogP contribution in [-0.2, 0) is 0 Å². The highest BCUT2D eigenvalue weighted by Gasteiger charge is 2.11. The average molecular weight is 195 g/mol. The molecule has 3 nitrogen and oxygen atoms in total. The molecule has 2 rings (SSSR count). The third kappa shape index (κ3) is 1.21. The van der Waals surface area contributed by atoms with Crippen LogP contribution < -0.4 is 0 Å². The lowest BCUT2D eigenvalue weighted by Gasteiger charge is -1.94. The van der Waals surface area contributed by atoms with Crippen LogP contribution in [0.2, 0.25) is 5.15 Å². The summed E-state index contributed by atoms with van der Waals surface area (Å²) >= 11 is 5.84. The van der Waals surface area contributed by atoms with Crippen molar-refractivity contribution >= 4 is 22.9 Å². The van der Waals surface area contributed by atoms with E-state index in [1.165, 1.54) is 6.92 Å². The van der Waals surface area contributed by atoms with Crippen LogP contribution in [0.15, 0.2) is 24.4 Å². The average Bonchev–Trinajstić information content (AvgIpc) is 2.45. The number of carbonyl (C=O) groups excluding carboxylic acids is 1. The Morgan fingerprint density at radius 1 is 1.54 bits per heavy atom. The Bertz CT molecular complexity index is 475. The second kappa shape index (κ2) is 2.85. The molecule has 13 heavy (non-hydrogen) atoms. The Morgan fingerprint density at radius 3 is 3.00 bits per heavy atom. The van der Waals surface area contributed by atoms with Crippen molar-refractivity contribution in [3.05, 3.63) is 35.4 Å². The summed E-state index contributed by atoms with van der Waals surface area (Å²) in [7, 11) is 0. The van der Waals surface area contributed by atoms with Gasteiger partial charge in [0.15, 0.2) is 16.8 Å². The summed E-state index contributed by atoms with van der Waals surface area (Å²) in [5, 5.41) is 0.366. The molecule has 0 aliphatic carbocycles. The van der Waals surface area contributed by atoms with Gasteiger partial charge in [-0.15, -0.1) is 0 Å². The summed E-state index contributed by atoms with van der Waals surface area (Å²) in [5.74, 6) is 0.286. The predicted molar refractivity (Wildman–Crippen MR) is 50.2 cm³/mol. The van der Waals surface area contributed by atoms with Gasteiger partial charge in [0, 0.05) is 13.1 Å². The van der Waals surface area contributed by atoms with Crippen molar-refractivity contribution in [3.63, 3.8) is 0 Å². The molecule has 0 fully saturated rings. The lowest BCUT2D eigenvalue weighted by molar-refractivity contribution is 0.100. The van der Waals surface area contributed by atoms with Crippen molar-refractivity contribution in [3.8, 4) is 0 Å². The van der Waals surface area contributed by atoms with E-state index in [1.807, 2.05) is 18.2 Å². The van der Waals surface area contributed by atoms with E-state index < -0.39 is 0 Å². The molecule has 2 aromatic heterocycles. The number of imidazole rings is 1. The molecular weight excluding hydrogens is 188 g/mol.